The largest absolute Gasteiger partial charge is 0.403 e. The fourth-order valence-corrected chi connectivity index (χ4v) is 6.37. The molecule has 0 rings (SSSR count). The predicted octanol–water partition coefficient (Wildman–Crippen LogP) is -2.47. The van der Waals surface area contributed by atoms with Crippen LogP contribution >= 0.6 is 38.1 Å². The Balaban J connectivity index is 5.37. The molecule has 0 atom stereocenters. The van der Waals surface area contributed by atoms with E-state index in [1.807, 2.05) is 0 Å². The van der Waals surface area contributed by atoms with E-state index < -0.39 is 89.5 Å². The lowest BCUT2D eigenvalue weighted by Crippen LogP contribution is -2.39. The molecule has 0 aliphatic heterocycles. The highest BCUT2D eigenvalue weighted by Gasteiger charge is 2.31. The number of hydrogen-bond acceptors (Lipinski definition) is 7. The van der Waals surface area contributed by atoms with Crippen molar-refractivity contribution in [1.82, 2.24) is 14.5 Å². The quantitative estimate of drug-likeness (QED) is 0.0929. The van der Waals surface area contributed by atoms with E-state index in [1.165, 1.54) is 0 Å². The third kappa shape index (κ3) is 18.7. The van der Waals surface area contributed by atoms with Gasteiger partial charge in [0.05, 0.1) is 0 Å². The molecular weight excluding hydrogens is 533 g/mol. The van der Waals surface area contributed by atoms with Crippen LogP contribution in [0.1, 0.15) is 0 Å². The molecule has 0 aliphatic carbocycles. The Morgan fingerprint density at radius 1 is 0.419 bits per heavy atom. The molecule has 0 aromatic rings. The van der Waals surface area contributed by atoms with Crippen molar-refractivity contribution in [1.29, 1.82) is 0 Å². The van der Waals surface area contributed by atoms with Crippen molar-refractivity contribution >= 4 is 38.1 Å². The molecule has 0 fully saturated rings. The Labute approximate surface area is 176 Å². The van der Waals surface area contributed by atoms with Crippen molar-refractivity contribution < 1.29 is 71.8 Å². The first-order valence-electron chi connectivity index (χ1n) is 7.91. The van der Waals surface area contributed by atoms with E-state index in [1.54, 1.807) is 0 Å². The van der Waals surface area contributed by atoms with Crippen LogP contribution in [-0.2, 0) is 22.8 Å². The van der Waals surface area contributed by atoms with Crippen LogP contribution in [0.5, 0.6) is 0 Å². The van der Waals surface area contributed by atoms with Crippen molar-refractivity contribution in [2.45, 2.75) is 0 Å². The normalized spacial score (nSPS) is 14.7. The third-order valence-corrected chi connectivity index (χ3v) is 7.46. The zero-order chi connectivity index (χ0) is 24.9. The average molecular weight is 559 g/mol. The maximum atomic E-state index is 11.7. The van der Waals surface area contributed by atoms with E-state index in [0.717, 1.165) is 0 Å². The summed E-state index contributed by atoms with van der Waals surface area (Å²) < 4.78 is 56.5. The second kappa shape index (κ2) is 11.9. The molecule has 0 saturated carbocycles. The lowest BCUT2D eigenvalue weighted by molar-refractivity contribution is 0.211. The van der Waals surface area contributed by atoms with Crippen molar-refractivity contribution in [3.8, 4) is 0 Å². The van der Waals surface area contributed by atoms with Crippen LogP contribution in [0.25, 0.3) is 0 Å². The van der Waals surface area contributed by atoms with Gasteiger partial charge in [-0.15, -0.1) is 0 Å². The number of hydrogen-bond donors (Lipinski definition) is 10. The Kier molecular flexibility index (Phi) is 12.1. The summed E-state index contributed by atoms with van der Waals surface area (Å²) in [6.07, 6.45) is -4.52. The van der Waals surface area contributed by atoms with Crippen molar-refractivity contribution in [3.63, 3.8) is 0 Å². The first kappa shape index (κ1) is 31.6. The van der Waals surface area contributed by atoms with E-state index in [0.29, 0.717) is 14.5 Å². The smallest absolute Gasteiger partial charge is 0.324 e. The van der Waals surface area contributed by atoms with E-state index >= 15 is 0 Å². The van der Waals surface area contributed by atoms with Crippen LogP contribution in [-0.4, -0.2) is 115 Å². The van der Waals surface area contributed by atoms with Crippen molar-refractivity contribution in [3.05, 3.63) is 0 Å². The summed E-state index contributed by atoms with van der Waals surface area (Å²) >= 11 is 0. The first-order chi connectivity index (χ1) is 13.5. The zero-order valence-electron chi connectivity index (χ0n) is 15.7. The standard InChI is InChI=1S/C8H26N3O15P5/c12-27(13,14)5-9(6-28(15,16)17)1-3-11(31(24,25)26)4-2-10(7-29(18,19)20)8-30(21,22)23/h1-8H2,(H2,12,13,14)(H2,15,16,17)(H2,18,19,20)(H2,21,22,23)(H2,24,25,26). The molecule has 0 spiro atoms. The minimum Gasteiger partial charge on any atom is -0.324 e. The van der Waals surface area contributed by atoms with Crippen molar-refractivity contribution in [2.24, 2.45) is 0 Å². The highest BCUT2D eigenvalue weighted by atomic mass is 31.2. The number of rotatable bonds is 15. The molecule has 0 amide bonds. The Bertz CT molecular complexity index is 703. The first-order valence-corrected chi connectivity index (χ1v) is 16.7. The van der Waals surface area contributed by atoms with Gasteiger partial charge in [-0.05, 0) is 0 Å². The summed E-state index contributed by atoms with van der Waals surface area (Å²) in [6.45, 7) is -2.69. The molecule has 0 aromatic carbocycles. The molecule has 0 aliphatic rings. The van der Waals surface area contributed by atoms with E-state index in [2.05, 4.69) is 0 Å². The van der Waals surface area contributed by atoms with Gasteiger partial charge in [-0.2, -0.15) is 0 Å². The summed E-state index contributed by atoms with van der Waals surface area (Å²) in [5, 5.41) is 0. The second-order valence-corrected chi connectivity index (χ2v) is 14.5. The fourth-order valence-electron chi connectivity index (χ4n) is 2.30. The molecule has 31 heavy (non-hydrogen) atoms. The van der Waals surface area contributed by atoms with Gasteiger partial charge in [0.1, 0.15) is 25.1 Å². The van der Waals surface area contributed by atoms with E-state index in [-0.39, 0.29) is 0 Å². The Morgan fingerprint density at radius 2 is 0.645 bits per heavy atom. The molecule has 0 saturated heterocycles. The van der Waals surface area contributed by atoms with Gasteiger partial charge in [0.15, 0.2) is 0 Å². The Hall–Kier alpha value is 0.630. The zero-order valence-corrected chi connectivity index (χ0v) is 20.2. The van der Waals surface area contributed by atoms with Gasteiger partial charge in [0, 0.05) is 26.2 Å². The lowest BCUT2D eigenvalue weighted by Gasteiger charge is -2.30. The van der Waals surface area contributed by atoms with Crippen LogP contribution < -0.4 is 0 Å². The predicted molar refractivity (Wildman–Crippen MR) is 105 cm³/mol. The van der Waals surface area contributed by atoms with Crippen LogP contribution in [0.2, 0.25) is 0 Å². The van der Waals surface area contributed by atoms with Crippen LogP contribution in [0.15, 0.2) is 0 Å². The van der Waals surface area contributed by atoms with Gasteiger partial charge in [0.25, 0.3) is 0 Å². The molecule has 10 N–H and O–H groups in total. The van der Waals surface area contributed by atoms with Gasteiger partial charge in [-0.3, -0.25) is 28.1 Å². The molecule has 0 heterocycles. The van der Waals surface area contributed by atoms with Gasteiger partial charge in [-0.1, -0.05) is 0 Å². The second-order valence-electron chi connectivity index (χ2n) is 6.48. The van der Waals surface area contributed by atoms with E-state index in [9.17, 15) is 32.6 Å². The molecule has 0 unspecified atom stereocenters. The highest BCUT2D eigenvalue weighted by molar-refractivity contribution is 7.53. The average Bonchev–Trinajstić information content (AvgIpc) is 2.37. The molecule has 0 bridgehead atoms. The molecule has 23 heteroatoms. The number of nitrogens with zero attached hydrogens (tertiary/aromatic N) is 3. The van der Waals surface area contributed by atoms with Gasteiger partial charge in [0.2, 0.25) is 0 Å². The maximum Gasteiger partial charge on any atom is 0.403 e. The van der Waals surface area contributed by atoms with Gasteiger partial charge < -0.3 is 48.9 Å². The molecule has 0 radical (unpaired) electrons. The summed E-state index contributed by atoms with van der Waals surface area (Å²) in [5.41, 5.74) is 0. The summed E-state index contributed by atoms with van der Waals surface area (Å²) in [4.78, 5) is 92.0. The Morgan fingerprint density at radius 3 is 0.806 bits per heavy atom. The molecule has 0 aromatic heterocycles. The molecular formula is C8H26N3O15P5. The SMILES string of the molecule is O=P(O)(O)CN(CCN(CCN(CP(=O)(O)O)CP(=O)(O)O)P(=O)(O)O)CP(=O)(O)O. The minimum atomic E-state index is -5.09. The highest BCUT2D eigenvalue weighted by Crippen LogP contribution is 2.44. The van der Waals surface area contributed by atoms with Crippen LogP contribution in [0.4, 0.5) is 0 Å². The minimum absolute atomic E-state index is 0.367. The van der Waals surface area contributed by atoms with Crippen LogP contribution in [0, 0.1) is 0 Å². The van der Waals surface area contributed by atoms with Crippen molar-refractivity contribution in [2.75, 3.05) is 51.3 Å². The molecule has 188 valence electrons. The summed E-state index contributed by atoms with van der Waals surface area (Å²) in [7, 11) is -24.3. The third-order valence-electron chi connectivity index (χ3n) is 3.25. The van der Waals surface area contributed by atoms with Gasteiger partial charge >= 0.3 is 38.1 Å². The van der Waals surface area contributed by atoms with E-state index in [4.69, 9.17) is 39.1 Å². The topological polar surface area (TPSA) is 297 Å². The van der Waals surface area contributed by atoms with Gasteiger partial charge in [-0.25, -0.2) is 9.24 Å². The summed E-state index contributed by atoms with van der Waals surface area (Å²) in [6, 6.07) is 0. The monoisotopic (exact) mass is 559 g/mol. The fraction of sp³-hybridized carbons (Fsp3) is 1.00. The summed E-state index contributed by atoms with van der Waals surface area (Å²) in [5.74, 6) is 0. The van der Waals surface area contributed by atoms with Crippen LogP contribution in [0.3, 0.4) is 0 Å². The maximum absolute atomic E-state index is 11.7. The lowest BCUT2D eigenvalue weighted by atomic mass is 10.5. The molecule has 18 nitrogen and oxygen atoms in total.